The minimum Gasteiger partial charge on any atom is -0.462 e. The van der Waals surface area contributed by atoms with Gasteiger partial charge in [-0.2, -0.15) is 0 Å². The molecule has 0 aliphatic rings. The maximum Gasteiger partial charge on any atom is 0.333 e. The number of rotatable bonds is 7. The standard InChI is InChI=1S/C9H16O4/c1-8(2)9(11)13-6-3-5-12-7-4-10/h10H,1,3-7H2,2H3. The van der Waals surface area contributed by atoms with E-state index in [4.69, 9.17) is 14.6 Å². The minimum absolute atomic E-state index is 0.0194. The van der Waals surface area contributed by atoms with E-state index in [1.807, 2.05) is 0 Å². The maximum absolute atomic E-state index is 10.8. The van der Waals surface area contributed by atoms with E-state index in [1.54, 1.807) is 6.92 Å². The van der Waals surface area contributed by atoms with Crippen molar-refractivity contribution in [2.24, 2.45) is 0 Å². The van der Waals surface area contributed by atoms with Gasteiger partial charge in [-0.3, -0.25) is 0 Å². The van der Waals surface area contributed by atoms with Gasteiger partial charge in [0.1, 0.15) is 0 Å². The van der Waals surface area contributed by atoms with Crippen molar-refractivity contribution >= 4 is 5.97 Å². The zero-order valence-electron chi connectivity index (χ0n) is 7.91. The Bertz CT molecular complexity index is 165. The number of hydrogen-bond donors (Lipinski definition) is 1. The first-order valence-corrected chi connectivity index (χ1v) is 4.19. The van der Waals surface area contributed by atoms with Crippen LogP contribution >= 0.6 is 0 Å². The van der Waals surface area contributed by atoms with Crippen LogP contribution in [0.2, 0.25) is 0 Å². The maximum atomic E-state index is 10.8. The van der Waals surface area contributed by atoms with Gasteiger partial charge in [-0.1, -0.05) is 6.58 Å². The van der Waals surface area contributed by atoms with Crippen LogP contribution < -0.4 is 0 Å². The van der Waals surface area contributed by atoms with Crippen LogP contribution in [0.25, 0.3) is 0 Å². The van der Waals surface area contributed by atoms with Crippen molar-refractivity contribution in [3.63, 3.8) is 0 Å². The Morgan fingerprint density at radius 3 is 2.62 bits per heavy atom. The van der Waals surface area contributed by atoms with Crippen molar-refractivity contribution in [1.82, 2.24) is 0 Å². The van der Waals surface area contributed by atoms with Crippen LogP contribution in [-0.4, -0.2) is 37.5 Å². The van der Waals surface area contributed by atoms with Gasteiger partial charge in [0.05, 0.1) is 19.8 Å². The van der Waals surface area contributed by atoms with Crippen LogP contribution in [0.15, 0.2) is 12.2 Å². The van der Waals surface area contributed by atoms with Gasteiger partial charge in [-0.15, -0.1) is 0 Å². The molecule has 4 nitrogen and oxygen atoms in total. The Morgan fingerprint density at radius 1 is 1.38 bits per heavy atom. The highest BCUT2D eigenvalue weighted by Crippen LogP contribution is 1.93. The fraction of sp³-hybridized carbons (Fsp3) is 0.667. The van der Waals surface area contributed by atoms with Crippen molar-refractivity contribution in [3.05, 3.63) is 12.2 Å². The van der Waals surface area contributed by atoms with Crippen LogP contribution in [0, 0.1) is 0 Å². The predicted molar refractivity (Wildman–Crippen MR) is 48.3 cm³/mol. The number of carbonyl (C=O) groups excluding carboxylic acids is 1. The lowest BCUT2D eigenvalue weighted by atomic mass is 10.4. The second-order valence-corrected chi connectivity index (χ2v) is 2.61. The molecule has 76 valence electrons. The highest BCUT2D eigenvalue weighted by Gasteiger charge is 2.01. The normalized spacial score (nSPS) is 9.69. The zero-order chi connectivity index (χ0) is 10.1. The molecule has 0 rings (SSSR count). The topological polar surface area (TPSA) is 55.8 Å². The van der Waals surface area contributed by atoms with E-state index in [1.165, 1.54) is 0 Å². The molecule has 0 aromatic rings. The summed E-state index contributed by atoms with van der Waals surface area (Å²) < 4.78 is 9.76. The fourth-order valence-electron chi connectivity index (χ4n) is 0.616. The average molecular weight is 188 g/mol. The summed E-state index contributed by atoms with van der Waals surface area (Å²) in [5.74, 6) is -0.373. The Morgan fingerprint density at radius 2 is 2.08 bits per heavy atom. The second kappa shape index (κ2) is 7.76. The number of aliphatic hydroxyl groups excluding tert-OH is 1. The number of hydrogen-bond acceptors (Lipinski definition) is 4. The van der Waals surface area contributed by atoms with E-state index in [-0.39, 0.29) is 12.6 Å². The van der Waals surface area contributed by atoms with Gasteiger partial charge in [0.2, 0.25) is 0 Å². The van der Waals surface area contributed by atoms with Gasteiger partial charge in [0, 0.05) is 18.6 Å². The highest BCUT2D eigenvalue weighted by atomic mass is 16.5. The second-order valence-electron chi connectivity index (χ2n) is 2.61. The summed E-state index contributed by atoms with van der Waals surface area (Å²) in [6, 6.07) is 0. The Hall–Kier alpha value is -0.870. The summed E-state index contributed by atoms with van der Waals surface area (Å²) in [6.45, 7) is 6.21. The summed E-state index contributed by atoms with van der Waals surface area (Å²) in [4.78, 5) is 10.8. The molecule has 0 heterocycles. The van der Waals surface area contributed by atoms with Crippen molar-refractivity contribution in [1.29, 1.82) is 0 Å². The molecule has 0 fully saturated rings. The van der Waals surface area contributed by atoms with Gasteiger partial charge >= 0.3 is 5.97 Å². The van der Waals surface area contributed by atoms with E-state index < -0.39 is 0 Å². The molecule has 13 heavy (non-hydrogen) atoms. The van der Waals surface area contributed by atoms with Gasteiger partial charge in [0.25, 0.3) is 0 Å². The van der Waals surface area contributed by atoms with Crippen molar-refractivity contribution in [3.8, 4) is 0 Å². The number of carbonyl (C=O) groups is 1. The summed E-state index contributed by atoms with van der Waals surface area (Å²) >= 11 is 0. The zero-order valence-corrected chi connectivity index (χ0v) is 7.91. The molecule has 0 aromatic carbocycles. The SMILES string of the molecule is C=C(C)C(=O)OCCCOCCO. The lowest BCUT2D eigenvalue weighted by Gasteiger charge is -2.04. The molecule has 0 aromatic heterocycles. The van der Waals surface area contributed by atoms with E-state index in [9.17, 15) is 4.79 Å². The molecule has 0 amide bonds. The summed E-state index contributed by atoms with van der Waals surface area (Å²) in [7, 11) is 0. The largest absolute Gasteiger partial charge is 0.462 e. The Kier molecular flexibility index (Phi) is 7.24. The third-order valence-corrected chi connectivity index (χ3v) is 1.25. The number of aliphatic hydroxyl groups is 1. The van der Waals surface area contributed by atoms with E-state index in [2.05, 4.69) is 6.58 Å². The van der Waals surface area contributed by atoms with Crippen molar-refractivity contribution in [2.45, 2.75) is 13.3 Å². The quantitative estimate of drug-likeness (QED) is 0.359. The van der Waals surface area contributed by atoms with Gasteiger partial charge in [-0.25, -0.2) is 4.79 Å². The first kappa shape index (κ1) is 12.1. The highest BCUT2D eigenvalue weighted by molar-refractivity contribution is 5.86. The molecule has 0 aliphatic carbocycles. The van der Waals surface area contributed by atoms with Crippen LogP contribution in [0.1, 0.15) is 13.3 Å². The molecule has 0 spiro atoms. The molecule has 0 aliphatic heterocycles. The van der Waals surface area contributed by atoms with E-state index in [0.717, 1.165) is 0 Å². The average Bonchev–Trinajstić information content (AvgIpc) is 2.10. The number of ether oxygens (including phenoxy) is 2. The van der Waals surface area contributed by atoms with Crippen LogP contribution in [0.5, 0.6) is 0 Å². The molecule has 1 N–H and O–H groups in total. The molecule has 0 atom stereocenters. The summed E-state index contributed by atoms with van der Waals surface area (Å²) in [5, 5.41) is 8.36. The summed E-state index contributed by atoms with van der Waals surface area (Å²) in [6.07, 6.45) is 0.638. The molecule has 0 saturated heterocycles. The third-order valence-electron chi connectivity index (χ3n) is 1.25. The van der Waals surface area contributed by atoms with Gasteiger partial charge in [-0.05, 0) is 6.92 Å². The lowest BCUT2D eigenvalue weighted by molar-refractivity contribution is -0.139. The van der Waals surface area contributed by atoms with Crippen molar-refractivity contribution in [2.75, 3.05) is 26.4 Å². The molecule has 0 radical (unpaired) electrons. The van der Waals surface area contributed by atoms with Crippen LogP contribution in [0.4, 0.5) is 0 Å². The third kappa shape index (κ3) is 7.49. The molecule has 0 bridgehead atoms. The summed E-state index contributed by atoms with van der Waals surface area (Å²) in [5.41, 5.74) is 0.399. The lowest BCUT2D eigenvalue weighted by Crippen LogP contribution is -2.09. The monoisotopic (exact) mass is 188 g/mol. The number of esters is 1. The first-order valence-electron chi connectivity index (χ1n) is 4.19. The van der Waals surface area contributed by atoms with Gasteiger partial charge < -0.3 is 14.6 Å². The van der Waals surface area contributed by atoms with Crippen LogP contribution in [0.3, 0.4) is 0 Å². The molecular formula is C9H16O4. The predicted octanol–water partition coefficient (Wildman–Crippen LogP) is 0.505. The Labute approximate surface area is 78.2 Å². The Balaban J connectivity index is 3.16. The fourth-order valence-corrected chi connectivity index (χ4v) is 0.616. The smallest absolute Gasteiger partial charge is 0.333 e. The van der Waals surface area contributed by atoms with E-state index >= 15 is 0 Å². The van der Waals surface area contributed by atoms with E-state index in [0.29, 0.717) is 31.8 Å². The molecular weight excluding hydrogens is 172 g/mol. The molecule has 4 heteroatoms. The van der Waals surface area contributed by atoms with Crippen LogP contribution in [-0.2, 0) is 14.3 Å². The van der Waals surface area contributed by atoms with Gasteiger partial charge in [0.15, 0.2) is 0 Å². The molecule has 0 unspecified atom stereocenters. The minimum atomic E-state index is -0.373. The molecule has 0 saturated carbocycles. The first-order chi connectivity index (χ1) is 6.18. The van der Waals surface area contributed by atoms with Crippen molar-refractivity contribution < 1.29 is 19.4 Å².